The fraction of sp³-hybridized carbons (Fsp3) is 0.176. The number of hydrogen-bond acceptors (Lipinski definition) is 3. The molecule has 2 aromatic rings. The summed E-state index contributed by atoms with van der Waals surface area (Å²) in [5.41, 5.74) is 4.35. The Bertz CT molecular complexity index is 657. The predicted molar refractivity (Wildman–Crippen MR) is 91.2 cm³/mol. The van der Waals surface area contributed by atoms with Gasteiger partial charge >= 0.3 is 0 Å². The summed E-state index contributed by atoms with van der Waals surface area (Å²) in [6.07, 6.45) is 1.88. The zero-order valence-corrected chi connectivity index (χ0v) is 13.8. The zero-order chi connectivity index (χ0) is 15.8. The van der Waals surface area contributed by atoms with Crippen molar-refractivity contribution in [3.63, 3.8) is 0 Å². The van der Waals surface area contributed by atoms with Gasteiger partial charge in [-0.25, -0.2) is 5.43 Å². The molecular formula is C17H17BrN2O2. The smallest absolute Gasteiger partial charge is 0.244 e. The number of hydrazone groups is 1. The van der Waals surface area contributed by atoms with E-state index in [-0.39, 0.29) is 12.3 Å². The van der Waals surface area contributed by atoms with E-state index in [0.717, 1.165) is 21.3 Å². The first-order valence-corrected chi connectivity index (χ1v) is 7.76. The molecule has 1 amide bonds. The van der Waals surface area contributed by atoms with Crippen molar-refractivity contribution in [3.8, 4) is 5.75 Å². The van der Waals surface area contributed by atoms with Crippen molar-refractivity contribution in [2.75, 3.05) is 6.61 Å². The Kier molecular flexibility index (Phi) is 6.15. The highest BCUT2D eigenvalue weighted by Crippen LogP contribution is 2.26. The Morgan fingerprint density at radius 3 is 2.73 bits per heavy atom. The number of nitrogens with one attached hydrogen (secondary N) is 1. The molecule has 2 aromatic carbocycles. The van der Waals surface area contributed by atoms with Gasteiger partial charge in [-0.3, -0.25) is 4.79 Å². The monoisotopic (exact) mass is 360 g/mol. The second kappa shape index (κ2) is 8.34. The lowest BCUT2D eigenvalue weighted by Crippen LogP contribution is -2.19. The summed E-state index contributed by atoms with van der Waals surface area (Å²) in [5, 5.41) is 3.95. The Hall–Kier alpha value is -2.14. The minimum absolute atomic E-state index is 0.164. The topological polar surface area (TPSA) is 50.7 Å². The standard InChI is InChI=1S/C17H17BrN2O2/c1-2-22-16-9-8-14(10-15(16)18)11-17(21)20-19-12-13-6-4-3-5-7-13/h3-10,12H,2,11H2,1H3,(H,20,21)/b19-12-. The molecule has 0 fully saturated rings. The van der Waals surface area contributed by atoms with Gasteiger partial charge in [0, 0.05) is 0 Å². The summed E-state index contributed by atoms with van der Waals surface area (Å²) in [5.74, 6) is 0.608. The lowest BCUT2D eigenvalue weighted by molar-refractivity contribution is -0.120. The second-order valence-corrected chi connectivity index (χ2v) is 5.43. The van der Waals surface area contributed by atoms with E-state index in [9.17, 15) is 4.79 Å². The Labute approximate surface area is 138 Å². The molecule has 114 valence electrons. The molecule has 0 spiro atoms. The van der Waals surface area contributed by atoms with E-state index < -0.39 is 0 Å². The van der Waals surface area contributed by atoms with Gasteiger partial charge < -0.3 is 4.74 Å². The number of carbonyl (C=O) groups is 1. The summed E-state index contributed by atoms with van der Waals surface area (Å²) >= 11 is 3.43. The van der Waals surface area contributed by atoms with Crippen LogP contribution in [0.25, 0.3) is 0 Å². The number of halogens is 1. The molecule has 0 aliphatic carbocycles. The number of benzene rings is 2. The average molecular weight is 361 g/mol. The molecule has 0 saturated heterocycles. The van der Waals surface area contributed by atoms with Crippen molar-refractivity contribution in [3.05, 3.63) is 64.1 Å². The molecule has 0 aliphatic heterocycles. The fourth-order valence-corrected chi connectivity index (χ4v) is 2.41. The first kappa shape index (κ1) is 16.2. The van der Waals surface area contributed by atoms with Crippen molar-refractivity contribution < 1.29 is 9.53 Å². The van der Waals surface area contributed by atoms with Gasteiger partial charge in [-0.2, -0.15) is 5.10 Å². The molecule has 2 rings (SSSR count). The van der Waals surface area contributed by atoms with Gasteiger partial charge in [0.1, 0.15) is 5.75 Å². The molecule has 0 heterocycles. The molecule has 0 unspecified atom stereocenters. The van der Waals surface area contributed by atoms with Gasteiger partial charge in [0.2, 0.25) is 5.91 Å². The van der Waals surface area contributed by atoms with Crippen molar-refractivity contribution in [1.82, 2.24) is 5.43 Å². The number of carbonyl (C=O) groups excluding carboxylic acids is 1. The molecule has 22 heavy (non-hydrogen) atoms. The third-order valence-electron chi connectivity index (χ3n) is 2.86. The van der Waals surface area contributed by atoms with Crippen LogP contribution in [0, 0.1) is 0 Å². The summed E-state index contributed by atoms with van der Waals surface area (Å²) in [7, 11) is 0. The molecule has 0 radical (unpaired) electrons. The first-order valence-electron chi connectivity index (χ1n) is 6.97. The highest BCUT2D eigenvalue weighted by molar-refractivity contribution is 9.10. The van der Waals surface area contributed by atoms with E-state index in [0.29, 0.717) is 6.61 Å². The molecular weight excluding hydrogens is 344 g/mol. The van der Waals surface area contributed by atoms with Gasteiger partial charge in [-0.15, -0.1) is 0 Å². The highest BCUT2D eigenvalue weighted by Gasteiger charge is 2.06. The third-order valence-corrected chi connectivity index (χ3v) is 3.48. The van der Waals surface area contributed by atoms with E-state index >= 15 is 0 Å². The number of ether oxygens (including phenoxy) is 1. The van der Waals surface area contributed by atoms with E-state index in [1.165, 1.54) is 0 Å². The quantitative estimate of drug-likeness (QED) is 0.632. The summed E-state index contributed by atoms with van der Waals surface area (Å²) in [6, 6.07) is 15.2. The maximum absolute atomic E-state index is 11.9. The Morgan fingerprint density at radius 2 is 2.05 bits per heavy atom. The largest absolute Gasteiger partial charge is 0.493 e. The normalized spacial score (nSPS) is 10.6. The predicted octanol–water partition coefficient (Wildman–Crippen LogP) is 3.54. The van der Waals surface area contributed by atoms with Crippen molar-refractivity contribution in [2.24, 2.45) is 5.10 Å². The first-order chi connectivity index (χ1) is 10.7. The molecule has 0 aromatic heterocycles. The fourth-order valence-electron chi connectivity index (χ4n) is 1.87. The minimum Gasteiger partial charge on any atom is -0.493 e. The molecule has 0 aliphatic rings. The summed E-state index contributed by atoms with van der Waals surface area (Å²) in [6.45, 7) is 2.53. The van der Waals surface area contributed by atoms with Crippen LogP contribution in [0.1, 0.15) is 18.1 Å². The van der Waals surface area contributed by atoms with E-state index in [1.807, 2.05) is 55.5 Å². The van der Waals surface area contributed by atoms with Gasteiger partial charge in [0.25, 0.3) is 0 Å². The zero-order valence-electron chi connectivity index (χ0n) is 12.3. The molecule has 1 N–H and O–H groups in total. The number of nitrogens with zero attached hydrogens (tertiary/aromatic N) is 1. The highest BCUT2D eigenvalue weighted by atomic mass is 79.9. The molecule has 0 saturated carbocycles. The molecule has 0 bridgehead atoms. The minimum atomic E-state index is -0.164. The van der Waals surface area contributed by atoms with Crippen LogP contribution >= 0.6 is 15.9 Å². The lowest BCUT2D eigenvalue weighted by atomic mass is 10.1. The molecule has 4 nitrogen and oxygen atoms in total. The van der Waals surface area contributed by atoms with Crippen LogP contribution in [0.5, 0.6) is 5.75 Å². The summed E-state index contributed by atoms with van der Waals surface area (Å²) in [4.78, 5) is 11.9. The van der Waals surface area contributed by atoms with Gasteiger partial charge in [0.15, 0.2) is 0 Å². The van der Waals surface area contributed by atoms with Crippen LogP contribution in [-0.2, 0) is 11.2 Å². The van der Waals surface area contributed by atoms with Crippen LogP contribution in [-0.4, -0.2) is 18.7 Å². The SMILES string of the molecule is CCOc1ccc(CC(=O)N/N=C\c2ccccc2)cc1Br. The van der Waals surface area contributed by atoms with E-state index in [1.54, 1.807) is 6.21 Å². The van der Waals surface area contributed by atoms with E-state index in [2.05, 4.69) is 26.5 Å². The molecule has 0 atom stereocenters. The van der Waals surface area contributed by atoms with Gasteiger partial charge in [-0.05, 0) is 46.1 Å². The number of hydrogen-bond donors (Lipinski definition) is 1. The van der Waals surface area contributed by atoms with Crippen molar-refractivity contribution in [2.45, 2.75) is 13.3 Å². The third kappa shape index (κ3) is 5.00. The number of amides is 1. The average Bonchev–Trinajstić information content (AvgIpc) is 2.51. The Morgan fingerprint density at radius 1 is 1.27 bits per heavy atom. The van der Waals surface area contributed by atoms with Crippen LogP contribution < -0.4 is 10.2 Å². The van der Waals surface area contributed by atoms with Crippen LogP contribution in [0.2, 0.25) is 0 Å². The van der Waals surface area contributed by atoms with Crippen LogP contribution in [0.3, 0.4) is 0 Å². The molecule has 5 heteroatoms. The van der Waals surface area contributed by atoms with Crippen molar-refractivity contribution >= 4 is 28.1 Å². The summed E-state index contributed by atoms with van der Waals surface area (Å²) < 4.78 is 6.28. The number of rotatable bonds is 6. The maximum atomic E-state index is 11.9. The van der Waals surface area contributed by atoms with E-state index in [4.69, 9.17) is 4.74 Å². The van der Waals surface area contributed by atoms with Gasteiger partial charge in [0.05, 0.1) is 23.7 Å². The van der Waals surface area contributed by atoms with Crippen LogP contribution in [0.15, 0.2) is 58.1 Å². The Balaban J connectivity index is 1.89. The van der Waals surface area contributed by atoms with Gasteiger partial charge in [-0.1, -0.05) is 36.4 Å². The van der Waals surface area contributed by atoms with Crippen molar-refractivity contribution in [1.29, 1.82) is 0 Å². The maximum Gasteiger partial charge on any atom is 0.244 e. The lowest BCUT2D eigenvalue weighted by Gasteiger charge is -2.07. The second-order valence-electron chi connectivity index (χ2n) is 4.58. The van der Waals surface area contributed by atoms with Crippen LogP contribution in [0.4, 0.5) is 0 Å².